The molecule has 178 valence electrons. The van der Waals surface area contributed by atoms with Gasteiger partial charge < -0.3 is 15.8 Å². The summed E-state index contributed by atoms with van der Waals surface area (Å²) in [6.45, 7) is 3.50. The van der Waals surface area contributed by atoms with Crippen molar-refractivity contribution in [1.29, 1.82) is 0 Å². The van der Waals surface area contributed by atoms with Crippen molar-refractivity contribution in [3.63, 3.8) is 0 Å². The second kappa shape index (κ2) is 12.0. The highest BCUT2D eigenvalue weighted by atomic mass is 32.1. The molecule has 0 aliphatic carbocycles. The highest BCUT2D eigenvalue weighted by molar-refractivity contribution is 7.13. The maximum atomic E-state index is 13.5. The van der Waals surface area contributed by atoms with Crippen LogP contribution in [0.2, 0.25) is 0 Å². The van der Waals surface area contributed by atoms with E-state index in [4.69, 9.17) is 10.5 Å². The van der Waals surface area contributed by atoms with Crippen LogP contribution < -0.4 is 16.0 Å². The molecule has 3 N–H and O–H groups in total. The van der Waals surface area contributed by atoms with Crippen LogP contribution in [0.25, 0.3) is 0 Å². The van der Waals surface area contributed by atoms with E-state index in [1.807, 2.05) is 48.5 Å². The van der Waals surface area contributed by atoms with Gasteiger partial charge in [0.2, 0.25) is 11.0 Å². The molecule has 3 rings (SSSR count). The predicted octanol–water partition coefficient (Wildman–Crippen LogP) is 2.92. The van der Waals surface area contributed by atoms with Crippen LogP contribution in [-0.2, 0) is 27.4 Å². The van der Waals surface area contributed by atoms with E-state index >= 15 is 0 Å². The number of ether oxygens (including phenoxy) is 1. The highest BCUT2D eigenvalue weighted by Gasteiger charge is 2.36. The summed E-state index contributed by atoms with van der Waals surface area (Å²) in [6, 6.07) is 16.5. The summed E-state index contributed by atoms with van der Waals surface area (Å²) in [5, 5.41) is 10.3. The first-order chi connectivity index (χ1) is 16.4. The number of anilines is 1. The van der Waals surface area contributed by atoms with Gasteiger partial charge in [-0.25, -0.2) is 4.79 Å². The molecule has 2 atom stereocenters. The van der Waals surface area contributed by atoms with Gasteiger partial charge in [0.25, 0.3) is 5.91 Å². The van der Waals surface area contributed by atoms with Crippen molar-refractivity contribution in [1.82, 2.24) is 15.5 Å². The zero-order valence-corrected chi connectivity index (χ0v) is 19.8. The lowest BCUT2D eigenvalue weighted by molar-refractivity contribution is -0.129. The molecule has 0 fully saturated rings. The van der Waals surface area contributed by atoms with E-state index in [1.54, 1.807) is 26.0 Å². The van der Waals surface area contributed by atoms with E-state index in [2.05, 4.69) is 15.5 Å². The Balaban J connectivity index is 1.74. The van der Waals surface area contributed by atoms with Crippen molar-refractivity contribution >= 4 is 34.4 Å². The molecule has 0 spiro atoms. The molecule has 0 bridgehead atoms. The fourth-order valence-electron chi connectivity index (χ4n) is 3.18. The second-order valence-corrected chi connectivity index (χ2v) is 8.77. The predicted molar refractivity (Wildman–Crippen MR) is 129 cm³/mol. The first kappa shape index (κ1) is 25.0. The Hall–Kier alpha value is -3.63. The van der Waals surface area contributed by atoms with Crippen LogP contribution in [-0.4, -0.2) is 40.2 Å². The van der Waals surface area contributed by atoms with E-state index < -0.39 is 30.0 Å². The number of benzene rings is 2. The van der Waals surface area contributed by atoms with Gasteiger partial charge in [0.1, 0.15) is 18.2 Å². The normalized spacial score (nSPS) is 12.6. The number of aromatic nitrogens is 2. The van der Waals surface area contributed by atoms with Gasteiger partial charge in [-0.3, -0.25) is 9.59 Å². The molecular formula is C24H27N5O4S. The number of imide groups is 1. The molecule has 3 amide bonds. The van der Waals surface area contributed by atoms with Gasteiger partial charge in [-0.1, -0.05) is 85.8 Å². The first-order valence-corrected chi connectivity index (χ1v) is 11.7. The minimum atomic E-state index is -1.03. The molecule has 0 saturated heterocycles. The average molecular weight is 482 g/mol. The molecule has 34 heavy (non-hydrogen) atoms. The van der Waals surface area contributed by atoms with Crippen molar-refractivity contribution < 1.29 is 19.1 Å². The third-order valence-corrected chi connectivity index (χ3v) is 5.69. The molecule has 0 unspecified atom stereocenters. The zero-order valence-electron chi connectivity index (χ0n) is 19.0. The molecule has 9 nitrogen and oxygen atoms in total. The Morgan fingerprint density at radius 2 is 1.65 bits per heavy atom. The monoisotopic (exact) mass is 481 g/mol. The number of nitrogens with two attached hydrogens (primary N) is 1. The first-order valence-electron chi connectivity index (χ1n) is 10.8. The van der Waals surface area contributed by atoms with Crippen molar-refractivity contribution in [3.8, 4) is 0 Å². The van der Waals surface area contributed by atoms with Crippen LogP contribution in [0.4, 0.5) is 9.93 Å². The number of hydrogen-bond acceptors (Lipinski definition) is 8. The molecule has 10 heteroatoms. The lowest BCUT2D eigenvalue weighted by Crippen LogP contribution is -2.56. The lowest BCUT2D eigenvalue weighted by Gasteiger charge is -2.27. The van der Waals surface area contributed by atoms with E-state index in [9.17, 15) is 14.4 Å². The van der Waals surface area contributed by atoms with E-state index in [0.717, 1.165) is 27.4 Å². The number of carbonyl (C=O) groups excluding carboxylic acids is 3. The van der Waals surface area contributed by atoms with Crippen LogP contribution in [0.3, 0.4) is 0 Å². The number of hydrogen-bond donors (Lipinski definition) is 2. The maximum absolute atomic E-state index is 13.5. The molecule has 2 aromatic carbocycles. The summed E-state index contributed by atoms with van der Waals surface area (Å²) in [5.41, 5.74) is 9.16. The number of amides is 3. The third kappa shape index (κ3) is 6.69. The van der Waals surface area contributed by atoms with Crippen LogP contribution in [0.15, 0.2) is 66.2 Å². The molecule has 1 heterocycles. The van der Waals surface area contributed by atoms with Crippen LogP contribution in [0, 0.1) is 5.92 Å². The summed E-state index contributed by atoms with van der Waals surface area (Å²) in [6.07, 6.45) is -0.593. The Morgan fingerprint density at radius 1 is 1.03 bits per heavy atom. The van der Waals surface area contributed by atoms with Gasteiger partial charge in [0, 0.05) is 0 Å². The van der Waals surface area contributed by atoms with Crippen molar-refractivity contribution in [3.05, 3.63) is 77.3 Å². The number of nitrogens with one attached hydrogen (secondary N) is 1. The molecule has 1 aromatic heterocycles. The third-order valence-electron chi connectivity index (χ3n) is 5.01. The fourth-order valence-corrected chi connectivity index (χ4v) is 3.74. The van der Waals surface area contributed by atoms with Crippen LogP contribution in [0.5, 0.6) is 0 Å². The quantitative estimate of drug-likeness (QED) is 0.481. The van der Waals surface area contributed by atoms with E-state index in [1.165, 1.54) is 5.51 Å². The second-order valence-electron chi connectivity index (χ2n) is 7.96. The lowest BCUT2D eigenvalue weighted by atomic mass is 10.0. The average Bonchev–Trinajstić information content (AvgIpc) is 3.36. The van der Waals surface area contributed by atoms with Gasteiger partial charge in [-0.05, 0) is 23.5 Å². The summed E-state index contributed by atoms with van der Waals surface area (Å²) >= 11 is 1.01. The standard InChI is InChI=1S/C24H27N5O4S/c1-16(2)20(27-21(30)19(25)13-17-9-5-3-6-10-17)22(31)29(23-28-26-15-34-23)24(32)33-14-18-11-7-4-8-12-18/h3-12,15-16,19-20H,13-14,25H2,1-2H3,(H,27,30)/t19-,20-/m0/s1. The van der Waals surface area contributed by atoms with Gasteiger partial charge in [-0.2, -0.15) is 4.90 Å². The SMILES string of the molecule is CC(C)[C@H](NC(=O)[C@@H](N)Cc1ccccc1)C(=O)N(C(=O)OCc1ccccc1)c1nncs1. The van der Waals surface area contributed by atoms with E-state index in [0.29, 0.717) is 6.42 Å². The van der Waals surface area contributed by atoms with Gasteiger partial charge >= 0.3 is 6.09 Å². The van der Waals surface area contributed by atoms with Crippen molar-refractivity contribution in [2.75, 3.05) is 4.90 Å². The minimum absolute atomic E-state index is 0.0249. The van der Waals surface area contributed by atoms with E-state index in [-0.39, 0.29) is 17.7 Å². The number of nitrogens with zero attached hydrogens (tertiary/aromatic N) is 3. The van der Waals surface area contributed by atoms with Crippen LogP contribution in [0.1, 0.15) is 25.0 Å². The Bertz CT molecular complexity index is 1080. The topological polar surface area (TPSA) is 128 Å². The molecule has 0 radical (unpaired) electrons. The molecule has 0 aliphatic heterocycles. The van der Waals surface area contributed by atoms with Gasteiger partial charge in [0.15, 0.2) is 0 Å². The molecule has 3 aromatic rings. The van der Waals surface area contributed by atoms with Crippen molar-refractivity contribution in [2.45, 2.75) is 39.0 Å². The summed E-state index contributed by atoms with van der Waals surface area (Å²) in [5.74, 6) is -1.51. The highest BCUT2D eigenvalue weighted by Crippen LogP contribution is 2.21. The number of carbonyl (C=O) groups is 3. The minimum Gasteiger partial charge on any atom is -0.444 e. The summed E-state index contributed by atoms with van der Waals surface area (Å²) in [7, 11) is 0. The summed E-state index contributed by atoms with van der Waals surface area (Å²) in [4.78, 5) is 40.0. The Labute approximate surface area is 201 Å². The largest absolute Gasteiger partial charge is 0.444 e. The Morgan fingerprint density at radius 3 is 2.21 bits per heavy atom. The smallest absolute Gasteiger partial charge is 0.423 e. The van der Waals surface area contributed by atoms with Gasteiger partial charge in [-0.15, -0.1) is 10.2 Å². The molecular weight excluding hydrogens is 454 g/mol. The summed E-state index contributed by atoms with van der Waals surface area (Å²) < 4.78 is 5.36. The Kier molecular flexibility index (Phi) is 8.83. The number of rotatable bonds is 9. The maximum Gasteiger partial charge on any atom is 0.423 e. The zero-order chi connectivity index (χ0) is 24.5. The van der Waals surface area contributed by atoms with Crippen molar-refractivity contribution in [2.24, 2.45) is 11.7 Å². The molecule has 0 aliphatic rings. The fraction of sp³-hybridized carbons (Fsp3) is 0.292. The van der Waals surface area contributed by atoms with Crippen LogP contribution >= 0.6 is 11.3 Å². The molecule has 0 saturated carbocycles. The van der Waals surface area contributed by atoms with Gasteiger partial charge in [0.05, 0.1) is 6.04 Å².